The van der Waals surface area contributed by atoms with Crippen LogP contribution >= 0.6 is 0 Å². The predicted octanol–water partition coefficient (Wildman–Crippen LogP) is 3.13. The van der Waals surface area contributed by atoms with E-state index in [2.05, 4.69) is 4.98 Å². The lowest BCUT2D eigenvalue weighted by Gasteiger charge is -2.12. The molecule has 1 heterocycles. The summed E-state index contributed by atoms with van der Waals surface area (Å²) in [5.41, 5.74) is 8.19. The van der Waals surface area contributed by atoms with Gasteiger partial charge in [-0.3, -0.25) is 4.98 Å². The van der Waals surface area contributed by atoms with Crippen molar-refractivity contribution in [2.45, 2.75) is 6.42 Å². The second kappa shape index (κ2) is 6.04. The molecule has 0 saturated carbocycles. The Hall–Kier alpha value is -2.95. The van der Waals surface area contributed by atoms with E-state index in [1.165, 1.54) is 0 Å². The Morgan fingerprint density at radius 2 is 1.78 bits per heavy atom. The van der Waals surface area contributed by atoms with Crippen LogP contribution < -0.4 is 15.2 Å². The second-order valence-corrected chi connectivity index (χ2v) is 5.30. The molecular weight excluding hydrogens is 292 g/mol. The van der Waals surface area contributed by atoms with Crippen LogP contribution in [0.4, 0.5) is 5.69 Å². The Labute approximate surface area is 134 Å². The molecule has 3 N–H and O–H groups in total. The third-order valence-corrected chi connectivity index (χ3v) is 3.83. The van der Waals surface area contributed by atoms with Crippen LogP contribution in [0.25, 0.3) is 10.8 Å². The van der Waals surface area contributed by atoms with Crippen molar-refractivity contribution in [1.29, 1.82) is 0 Å². The molecule has 23 heavy (non-hydrogen) atoms. The standard InChI is InChI=1S/C18H18N2O3/c1-22-17-7-13-10-20-9-12(14(13)8-18(17)23-2)5-11-3-4-16(21)15(19)6-11/h3-4,6-10,21H,5,19H2,1-2H3. The fraction of sp³-hybridized carbons (Fsp3) is 0.167. The van der Waals surface area contributed by atoms with Crippen molar-refractivity contribution in [3.63, 3.8) is 0 Å². The summed E-state index contributed by atoms with van der Waals surface area (Å²) in [4.78, 5) is 4.30. The normalized spacial score (nSPS) is 10.7. The highest BCUT2D eigenvalue weighted by Gasteiger charge is 2.10. The van der Waals surface area contributed by atoms with Crippen molar-refractivity contribution in [3.8, 4) is 17.2 Å². The molecule has 0 fully saturated rings. The van der Waals surface area contributed by atoms with Crippen molar-refractivity contribution >= 4 is 16.5 Å². The fourth-order valence-electron chi connectivity index (χ4n) is 2.63. The van der Waals surface area contributed by atoms with Gasteiger partial charge in [-0.1, -0.05) is 6.07 Å². The van der Waals surface area contributed by atoms with E-state index < -0.39 is 0 Å². The highest BCUT2D eigenvalue weighted by atomic mass is 16.5. The van der Waals surface area contributed by atoms with E-state index in [9.17, 15) is 5.11 Å². The zero-order valence-electron chi connectivity index (χ0n) is 13.0. The third kappa shape index (κ3) is 2.85. The van der Waals surface area contributed by atoms with Gasteiger partial charge in [-0.25, -0.2) is 0 Å². The van der Waals surface area contributed by atoms with Crippen molar-refractivity contribution in [2.75, 3.05) is 20.0 Å². The number of phenolic OH excluding ortho intramolecular Hbond substituents is 1. The molecule has 0 spiro atoms. The number of aromatic nitrogens is 1. The average Bonchev–Trinajstić information content (AvgIpc) is 2.57. The van der Waals surface area contributed by atoms with Crippen LogP contribution in [0.15, 0.2) is 42.7 Å². The van der Waals surface area contributed by atoms with Gasteiger partial charge in [-0.2, -0.15) is 0 Å². The Morgan fingerprint density at radius 3 is 2.48 bits per heavy atom. The fourth-order valence-corrected chi connectivity index (χ4v) is 2.63. The first-order valence-corrected chi connectivity index (χ1v) is 7.18. The number of methoxy groups -OCH3 is 2. The molecule has 0 aliphatic carbocycles. The molecule has 0 amide bonds. The largest absolute Gasteiger partial charge is 0.506 e. The molecule has 3 rings (SSSR count). The summed E-state index contributed by atoms with van der Waals surface area (Å²) in [5.74, 6) is 1.45. The summed E-state index contributed by atoms with van der Waals surface area (Å²) < 4.78 is 10.7. The van der Waals surface area contributed by atoms with Crippen LogP contribution in [-0.4, -0.2) is 24.3 Å². The molecule has 5 nitrogen and oxygen atoms in total. The number of benzene rings is 2. The lowest BCUT2D eigenvalue weighted by Crippen LogP contribution is -1.96. The molecule has 0 unspecified atom stereocenters. The van der Waals surface area contributed by atoms with E-state index in [4.69, 9.17) is 15.2 Å². The van der Waals surface area contributed by atoms with E-state index in [0.717, 1.165) is 21.9 Å². The van der Waals surface area contributed by atoms with Crippen molar-refractivity contribution in [2.24, 2.45) is 0 Å². The van der Waals surface area contributed by atoms with E-state index in [1.807, 2.05) is 24.4 Å². The van der Waals surface area contributed by atoms with Gasteiger partial charge in [0.1, 0.15) is 5.75 Å². The molecular formula is C18H18N2O3. The van der Waals surface area contributed by atoms with Crippen molar-refractivity contribution in [1.82, 2.24) is 4.98 Å². The zero-order valence-corrected chi connectivity index (χ0v) is 13.0. The van der Waals surface area contributed by atoms with Gasteiger partial charge in [0.15, 0.2) is 11.5 Å². The molecule has 2 aromatic carbocycles. The highest BCUT2D eigenvalue weighted by Crippen LogP contribution is 2.34. The summed E-state index contributed by atoms with van der Waals surface area (Å²) in [7, 11) is 3.23. The van der Waals surface area contributed by atoms with Gasteiger partial charge in [0.2, 0.25) is 0 Å². The van der Waals surface area contributed by atoms with Gasteiger partial charge in [0.05, 0.1) is 19.9 Å². The number of fused-ring (bicyclic) bond motifs is 1. The molecule has 0 radical (unpaired) electrons. The van der Waals surface area contributed by atoms with Crippen LogP contribution in [0, 0.1) is 0 Å². The number of aromatic hydroxyl groups is 1. The van der Waals surface area contributed by atoms with Crippen LogP contribution in [0.5, 0.6) is 17.2 Å². The van der Waals surface area contributed by atoms with Crippen molar-refractivity contribution < 1.29 is 14.6 Å². The van der Waals surface area contributed by atoms with Crippen LogP contribution in [-0.2, 0) is 6.42 Å². The Morgan fingerprint density at radius 1 is 1.04 bits per heavy atom. The summed E-state index contributed by atoms with van der Waals surface area (Å²) in [6, 6.07) is 9.10. The topological polar surface area (TPSA) is 77.6 Å². The summed E-state index contributed by atoms with van der Waals surface area (Å²) in [6.07, 6.45) is 4.29. The van der Waals surface area contributed by atoms with E-state index >= 15 is 0 Å². The Balaban J connectivity index is 2.08. The minimum absolute atomic E-state index is 0.0937. The van der Waals surface area contributed by atoms with Gasteiger partial charge in [-0.05, 0) is 47.2 Å². The predicted molar refractivity (Wildman–Crippen MR) is 90.2 cm³/mol. The van der Waals surface area contributed by atoms with Gasteiger partial charge in [0.25, 0.3) is 0 Å². The van der Waals surface area contributed by atoms with Gasteiger partial charge < -0.3 is 20.3 Å². The number of hydrogen-bond donors (Lipinski definition) is 2. The molecule has 0 atom stereocenters. The average molecular weight is 310 g/mol. The SMILES string of the molecule is COc1cc2cncc(Cc3ccc(O)c(N)c3)c2cc1OC. The smallest absolute Gasteiger partial charge is 0.161 e. The maximum absolute atomic E-state index is 9.54. The Bertz CT molecular complexity index is 862. The molecule has 5 heteroatoms. The third-order valence-electron chi connectivity index (χ3n) is 3.83. The lowest BCUT2D eigenvalue weighted by molar-refractivity contribution is 0.356. The summed E-state index contributed by atoms with van der Waals surface area (Å²) >= 11 is 0. The zero-order chi connectivity index (χ0) is 16.4. The van der Waals surface area contributed by atoms with Crippen molar-refractivity contribution in [3.05, 3.63) is 53.9 Å². The maximum Gasteiger partial charge on any atom is 0.161 e. The summed E-state index contributed by atoms with van der Waals surface area (Å²) in [5, 5.41) is 11.6. The second-order valence-electron chi connectivity index (χ2n) is 5.30. The van der Waals surface area contributed by atoms with Gasteiger partial charge in [-0.15, -0.1) is 0 Å². The number of nitrogens with two attached hydrogens (primary N) is 1. The number of rotatable bonds is 4. The number of ether oxygens (including phenoxy) is 2. The van der Waals surface area contributed by atoms with Crippen LogP contribution in [0.3, 0.4) is 0 Å². The number of pyridine rings is 1. The first kappa shape index (κ1) is 15.0. The number of hydrogen-bond acceptors (Lipinski definition) is 5. The molecule has 0 aliphatic heterocycles. The molecule has 118 valence electrons. The number of anilines is 1. The number of nitrogens with zero attached hydrogens (tertiary/aromatic N) is 1. The van der Waals surface area contributed by atoms with Gasteiger partial charge in [0, 0.05) is 17.8 Å². The minimum Gasteiger partial charge on any atom is -0.506 e. The number of nitrogen functional groups attached to an aromatic ring is 1. The highest BCUT2D eigenvalue weighted by molar-refractivity contribution is 5.88. The molecule has 0 bridgehead atoms. The number of phenols is 1. The first-order valence-electron chi connectivity index (χ1n) is 7.18. The molecule has 0 saturated heterocycles. The maximum atomic E-state index is 9.54. The van der Waals surface area contributed by atoms with E-state index in [1.54, 1.807) is 32.5 Å². The Kier molecular flexibility index (Phi) is 3.93. The monoisotopic (exact) mass is 310 g/mol. The molecule has 3 aromatic rings. The molecule has 0 aliphatic rings. The van der Waals surface area contributed by atoms with Gasteiger partial charge >= 0.3 is 0 Å². The first-order chi connectivity index (χ1) is 11.1. The molecule has 1 aromatic heterocycles. The summed E-state index contributed by atoms with van der Waals surface area (Å²) in [6.45, 7) is 0. The lowest BCUT2D eigenvalue weighted by atomic mass is 10.00. The van der Waals surface area contributed by atoms with E-state index in [0.29, 0.717) is 23.6 Å². The van der Waals surface area contributed by atoms with Crippen LogP contribution in [0.1, 0.15) is 11.1 Å². The minimum atomic E-state index is 0.0937. The van der Waals surface area contributed by atoms with Crippen LogP contribution in [0.2, 0.25) is 0 Å². The quantitative estimate of drug-likeness (QED) is 0.572. The van der Waals surface area contributed by atoms with E-state index in [-0.39, 0.29) is 5.75 Å².